The molecule has 0 fully saturated rings. The summed E-state index contributed by atoms with van der Waals surface area (Å²) in [4.78, 5) is 4.92. The molecule has 3 aromatic carbocycles. The second-order valence-corrected chi connectivity index (χ2v) is 6.29. The lowest BCUT2D eigenvalue weighted by molar-refractivity contribution is 1.33. The van der Waals surface area contributed by atoms with Crippen molar-refractivity contribution in [3.05, 3.63) is 89.4 Å². The van der Waals surface area contributed by atoms with Gasteiger partial charge in [0.2, 0.25) is 0 Å². The lowest BCUT2D eigenvalue weighted by Crippen LogP contribution is -1.95. The van der Waals surface area contributed by atoms with Crippen molar-refractivity contribution in [2.24, 2.45) is 0 Å². The van der Waals surface area contributed by atoms with Crippen molar-refractivity contribution in [3.8, 4) is 22.4 Å². The predicted octanol–water partition coefficient (Wildman–Crippen LogP) is 6.53. The summed E-state index contributed by atoms with van der Waals surface area (Å²) in [7, 11) is 0. The standard InChI is InChI=1S/C22H16ClN/c1-15-21(16-7-3-2-4-8-16)19-9-5-6-10-20(19)24-22(15)17-11-13-18(23)14-12-17/h2-14H,1H3. The van der Waals surface area contributed by atoms with Gasteiger partial charge in [0.15, 0.2) is 0 Å². The van der Waals surface area contributed by atoms with Crippen LogP contribution in [0.15, 0.2) is 78.9 Å². The zero-order chi connectivity index (χ0) is 16.5. The Labute approximate surface area is 146 Å². The molecule has 0 aliphatic heterocycles. The number of halogens is 1. The molecule has 0 bridgehead atoms. The minimum absolute atomic E-state index is 0.737. The Morgan fingerprint density at radius 1 is 0.708 bits per heavy atom. The van der Waals surface area contributed by atoms with Gasteiger partial charge in [0.25, 0.3) is 0 Å². The molecule has 1 nitrogen and oxygen atoms in total. The van der Waals surface area contributed by atoms with Gasteiger partial charge in [-0.3, -0.25) is 0 Å². The van der Waals surface area contributed by atoms with Crippen molar-refractivity contribution in [2.75, 3.05) is 0 Å². The molecule has 0 amide bonds. The molecule has 4 rings (SSSR count). The van der Waals surface area contributed by atoms with E-state index < -0.39 is 0 Å². The zero-order valence-electron chi connectivity index (χ0n) is 13.3. The highest BCUT2D eigenvalue weighted by molar-refractivity contribution is 6.30. The van der Waals surface area contributed by atoms with Gasteiger partial charge in [0.05, 0.1) is 11.2 Å². The van der Waals surface area contributed by atoms with Crippen LogP contribution in [0.4, 0.5) is 0 Å². The van der Waals surface area contributed by atoms with E-state index in [1.165, 1.54) is 22.1 Å². The molecule has 0 aliphatic carbocycles. The van der Waals surface area contributed by atoms with E-state index in [4.69, 9.17) is 16.6 Å². The maximum absolute atomic E-state index is 6.04. The Bertz CT molecular complexity index is 1010. The van der Waals surface area contributed by atoms with Gasteiger partial charge in [-0.05, 0) is 41.8 Å². The van der Waals surface area contributed by atoms with E-state index in [9.17, 15) is 0 Å². The molecule has 0 saturated carbocycles. The third-order valence-electron chi connectivity index (χ3n) is 4.32. The van der Waals surface area contributed by atoms with Gasteiger partial charge >= 0.3 is 0 Å². The summed E-state index contributed by atoms with van der Waals surface area (Å²) < 4.78 is 0. The molecule has 116 valence electrons. The average molecular weight is 330 g/mol. The van der Waals surface area contributed by atoms with Crippen LogP contribution in [0.2, 0.25) is 5.02 Å². The first-order valence-corrected chi connectivity index (χ1v) is 8.32. The van der Waals surface area contributed by atoms with Crippen molar-refractivity contribution >= 4 is 22.5 Å². The Hall–Kier alpha value is -2.64. The number of nitrogens with zero attached hydrogens (tertiary/aromatic N) is 1. The molecule has 0 N–H and O–H groups in total. The molecule has 0 aliphatic rings. The number of aromatic nitrogens is 1. The maximum atomic E-state index is 6.04. The normalized spacial score (nSPS) is 10.9. The zero-order valence-corrected chi connectivity index (χ0v) is 14.1. The minimum atomic E-state index is 0.737. The van der Waals surface area contributed by atoms with E-state index in [1.807, 2.05) is 36.4 Å². The minimum Gasteiger partial charge on any atom is -0.247 e. The van der Waals surface area contributed by atoms with Gasteiger partial charge in [-0.2, -0.15) is 0 Å². The molecule has 0 atom stereocenters. The number of rotatable bonds is 2. The average Bonchev–Trinajstić information content (AvgIpc) is 2.63. The molecule has 0 saturated heterocycles. The number of hydrogen-bond donors (Lipinski definition) is 0. The molecule has 0 unspecified atom stereocenters. The van der Waals surface area contributed by atoms with Gasteiger partial charge in [-0.15, -0.1) is 0 Å². The van der Waals surface area contributed by atoms with E-state index in [-0.39, 0.29) is 0 Å². The van der Waals surface area contributed by atoms with E-state index in [2.05, 4.69) is 49.4 Å². The van der Waals surface area contributed by atoms with Crippen LogP contribution in [-0.4, -0.2) is 4.98 Å². The van der Waals surface area contributed by atoms with E-state index in [0.717, 1.165) is 21.8 Å². The van der Waals surface area contributed by atoms with Crippen LogP contribution in [0.25, 0.3) is 33.3 Å². The van der Waals surface area contributed by atoms with Gasteiger partial charge in [0.1, 0.15) is 0 Å². The van der Waals surface area contributed by atoms with Crippen LogP contribution in [0.3, 0.4) is 0 Å². The highest BCUT2D eigenvalue weighted by atomic mass is 35.5. The topological polar surface area (TPSA) is 12.9 Å². The van der Waals surface area contributed by atoms with E-state index >= 15 is 0 Å². The van der Waals surface area contributed by atoms with Crippen molar-refractivity contribution < 1.29 is 0 Å². The SMILES string of the molecule is Cc1c(-c2ccc(Cl)cc2)nc2ccccc2c1-c1ccccc1. The third kappa shape index (κ3) is 2.57. The number of para-hydroxylation sites is 1. The van der Waals surface area contributed by atoms with E-state index in [0.29, 0.717) is 0 Å². The molecule has 1 heterocycles. The number of hydrogen-bond acceptors (Lipinski definition) is 1. The maximum Gasteiger partial charge on any atom is 0.0745 e. The smallest absolute Gasteiger partial charge is 0.0745 e. The van der Waals surface area contributed by atoms with Crippen molar-refractivity contribution in [1.29, 1.82) is 0 Å². The summed E-state index contributed by atoms with van der Waals surface area (Å²) in [5.74, 6) is 0. The Morgan fingerprint density at radius 3 is 2.12 bits per heavy atom. The highest BCUT2D eigenvalue weighted by Gasteiger charge is 2.14. The van der Waals surface area contributed by atoms with Crippen LogP contribution < -0.4 is 0 Å². The Morgan fingerprint density at radius 2 is 1.38 bits per heavy atom. The van der Waals surface area contributed by atoms with Gasteiger partial charge in [-0.1, -0.05) is 72.3 Å². The monoisotopic (exact) mass is 329 g/mol. The fourth-order valence-corrected chi connectivity index (χ4v) is 3.30. The molecule has 2 heteroatoms. The Kier molecular flexibility index (Phi) is 3.79. The summed E-state index contributed by atoms with van der Waals surface area (Å²) in [6, 6.07) is 26.7. The second-order valence-electron chi connectivity index (χ2n) is 5.85. The fourth-order valence-electron chi connectivity index (χ4n) is 3.17. The summed E-state index contributed by atoms with van der Waals surface area (Å²) in [5, 5.41) is 1.92. The second kappa shape index (κ2) is 6.10. The van der Waals surface area contributed by atoms with Crippen molar-refractivity contribution in [1.82, 2.24) is 4.98 Å². The van der Waals surface area contributed by atoms with Crippen LogP contribution in [-0.2, 0) is 0 Å². The molecule has 24 heavy (non-hydrogen) atoms. The fraction of sp³-hybridized carbons (Fsp3) is 0.0455. The summed E-state index contributed by atoms with van der Waals surface area (Å²) in [5.41, 5.74) is 6.73. The number of fused-ring (bicyclic) bond motifs is 1. The first-order chi connectivity index (χ1) is 11.7. The Balaban J connectivity index is 2.06. The number of benzene rings is 3. The van der Waals surface area contributed by atoms with Gasteiger partial charge in [-0.25, -0.2) is 4.98 Å². The molecule has 1 aromatic heterocycles. The van der Waals surface area contributed by atoms with Crippen molar-refractivity contribution in [3.63, 3.8) is 0 Å². The predicted molar refractivity (Wildman–Crippen MR) is 102 cm³/mol. The quantitative estimate of drug-likeness (QED) is 0.407. The van der Waals surface area contributed by atoms with Crippen LogP contribution >= 0.6 is 11.6 Å². The first kappa shape index (κ1) is 14.9. The summed E-state index contributed by atoms with van der Waals surface area (Å²) in [6.07, 6.45) is 0. The summed E-state index contributed by atoms with van der Waals surface area (Å²) in [6.45, 7) is 2.14. The molecule has 0 radical (unpaired) electrons. The van der Waals surface area contributed by atoms with Crippen LogP contribution in [0, 0.1) is 6.92 Å². The lowest BCUT2D eigenvalue weighted by Gasteiger charge is -2.15. The summed E-state index contributed by atoms with van der Waals surface area (Å²) >= 11 is 6.04. The van der Waals surface area contributed by atoms with Gasteiger partial charge < -0.3 is 0 Å². The largest absolute Gasteiger partial charge is 0.247 e. The highest BCUT2D eigenvalue weighted by Crippen LogP contribution is 2.36. The lowest BCUT2D eigenvalue weighted by atomic mass is 9.93. The number of pyridine rings is 1. The van der Waals surface area contributed by atoms with Crippen LogP contribution in [0.1, 0.15) is 5.56 Å². The first-order valence-electron chi connectivity index (χ1n) is 7.95. The van der Waals surface area contributed by atoms with Crippen molar-refractivity contribution in [2.45, 2.75) is 6.92 Å². The molecule has 0 spiro atoms. The third-order valence-corrected chi connectivity index (χ3v) is 4.57. The van der Waals surface area contributed by atoms with E-state index in [1.54, 1.807) is 0 Å². The van der Waals surface area contributed by atoms with Gasteiger partial charge in [0, 0.05) is 16.0 Å². The molecular weight excluding hydrogens is 314 g/mol. The molecule has 4 aromatic rings. The molecular formula is C22H16ClN. The van der Waals surface area contributed by atoms with Crippen LogP contribution in [0.5, 0.6) is 0 Å².